The Balaban J connectivity index is 2.13. The van der Waals surface area contributed by atoms with E-state index in [1.54, 1.807) is 6.07 Å². The molecule has 0 radical (unpaired) electrons. The molecule has 0 saturated heterocycles. The zero-order chi connectivity index (χ0) is 17.6. The number of likely N-dealkylation sites (N-methyl/N-ethyl adjacent to an activating group) is 1. The van der Waals surface area contributed by atoms with E-state index in [0.717, 1.165) is 4.31 Å². The van der Waals surface area contributed by atoms with Gasteiger partial charge in [-0.25, -0.2) is 8.42 Å². The second-order valence-corrected chi connectivity index (χ2v) is 8.06. The molecule has 1 aliphatic rings. The lowest BCUT2D eigenvalue weighted by Gasteiger charge is -2.31. The van der Waals surface area contributed by atoms with Gasteiger partial charge in [-0.2, -0.15) is 4.31 Å². The van der Waals surface area contributed by atoms with E-state index < -0.39 is 27.6 Å². The largest absolute Gasteiger partial charge is 0.292 e. The van der Waals surface area contributed by atoms with Gasteiger partial charge < -0.3 is 0 Å². The summed E-state index contributed by atoms with van der Waals surface area (Å²) < 4.78 is 26.0. The number of ketones is 2. The Bertz CT molecular complexity index is 972. The van der Waals surface area contributed by atoms with Crippen LogP contribution in [0.5, 0.6) is 0 Å². The summed E-state index contributed by atoms with van der Waals surface area (Å²) >= 11 is 11.7. The summed E-state index contributed by atoms with van der Waals surface area (Å²) in [6.45, 7) is 0. The third kappa shape index (κ3) is 2.56. The molecular weight excluding hydrogens is 373 g/mol. The third-order valence-corrected chi connectivity index (χ3v) is 6.49. The van der Waals surface area contributed by atoms with Gasteiger partial charge in [-0.3, -0.25) is 9.59 Å². The Morgan fingerprint density at radius 2 is 1.75 bits per heavy atom. The fourth-order valence-electron chi connectivity index (χ4n) is 2.59. The number of carbonyl (C=O) groups is 2. The van der Waals surface area contributed by atoms with Gasteiger partial charge in [-0.1, -0.05) is 35.3 Å². The molecule has 0 amide bonds. The van der Waals surface area contributed by atoms with Crippen LogP contribution >= 0.6 is 23.2 Å². The molecule has 0 spiro atoms. The van der Waals surface area contributed by atoms with E-state index in [1.165, 1.54) is 43.4 Å². The van der Waals surface area contributed by atoms with Crippen molar-refractivity contribution < 1.29 is 18.0 Å². The van der Waals surface area contributed by atoms with Crippen molar-refractivity contribution in [2.75, 3.05) is 7.05 Å². The molecule has 0 saturated carbocycles. The second-order valence-electron chi connectivity index (χ2n) is 5.28. The molecule has 3 rings (SSSR count). The number of fused-ring (bicyclic) bond motifs is 1. The molecule has 8 heteroatoms. The Labute approximate surface area is 148 Å². The van der Waals surface area contributed by atoms with Crippen LogP contribution in [-0.2, 0) is 10.0 Å². The molecule has 1 aliphatic heterocycles. The van der Waals surface area contributed by atoms with Crippen molar-refractivity contribution in [3.63, 3.8) is 0 Å². The van der Waals surface area contributed by atoms with Gasteiger partial charge in [0.2, 0.25) is 10.0 Å². The average Bonchev–Trinajstić information content (AvgIpc) is 2.56. The highest BCUT2D eigenvalue weighted by Gasteiger charge is 2.45. The van der Waals surface area contributed by atoms with Crippen molar-refractivity contribution >= 4 is 44.8 Å². The van der Waals surface area contributed by atoms with E-state index in [0.29, 0.717) is 0 Å². The molecule has 24 heavy (non-hydrogen) atoms. The first kappa shape index (κ1) is 17.1. The predicted molar refractivity (Wildman–Crippen MR) is 90.3 cm³/mol. The number of rotatable bonds is 2. The molecule has 2 aromatic carbocycles. The monoisotopic (exact) mass is 383 g/mol. The quantitative estimate of drug-likeness (QED) is 0.590. The molecular formula is C16H11Cl2NO4S. The van der Waals surface area contributed by atoms with Crippen molar-refractivity contribution in [3.8, 4) is 0 Å². The van der Waals surface area contributed by atoms with Crippen LogP contribution in [0.1, 0.15) is 20.7 Å². The predicted octanol–water partition coefficient (Wildman–Crippen LogP) is 3.06. The van der Waals surface area contributed by atoms with Crippen LogP contribution in [0.3, 0.4) is 0 Å². The highest BCUT2D eigenvalue weighted by atomic mass is 35.5. The number of sulfonamides is 1. The van der Waals surface area contributed by atoms with E-state index in [1.807, 2.05) is 0 Å². The second kappa shape index (κ2) is 5.97. The van der Waals surface area contributed by atoms with Crippen molar-refractivity contribution in [2.24, 2.45) is 0 Å². The van der Waals surface area contributed by atoms with Gasteiger partial charge in [0.1, 0.15) is 0 Å². The number of benzene rings is 2. The lowest BCUT2D eigenvalue weighted by molar-refractivity contribution is 0.0784. The minimum absolute atomic E-state index is 0.00834. The van der Waals surface area contributed by atoms with Gasteiger partial charge in [0.15, 0.2) is 17.6 Å². The van der Waals surface area contributed by atoms with Crippen LogP contribution < -0.4 is 0 Å². The van der Waals surface area contributed by atoms with Crippen molar-refractivity contribution in [1.29, 1.82) is 0 Å². The summed E-state index contributed by atoms with van der Waals surface area (Å²) in [7, 11) is -2.73. The molecule has 1 heterocycles. The summed E-state index contributed by atoms with van der Waals surface area (Å²) in [6.07, 6.45) is 0. The molecule has 0 bridgehead atoms. The summed E-state index contributed by atoms with van der Waals surface area (Å²) in [5, 5.41) is 0.409. The van der Waals surface area contributed by atoms with Crippen molar-refractivity contribution in [1.82, 2.24) is 4.31 Å². The van der Waals surface area contributed by atoms with Crippen LogP contribution in [0.15, 0.2) is 47.4 Å². The van der Waals surface area contributed by atoms with Crippen molar-refractivity contribution in [3.05, 3.63) is 63.6 Å². The average molecular weight is 384 g/mol. The summed E-state index contributed by atoms with van der Waals surface area (Å²) in [4.78, 5) is 25.3. The molecule has 5 nitrogen and oxygen atoms in total. The maximum absolute atomic E-state index is 12.8. The minimum Gasteiger partial charge on any atom is -0.292 e. The maximum Gasteiger partial charge on any atom is 0.244 e. The number of hydrogen-bond donors (Lipinski definition) is 0. The zero-order valence-electron chi connectivity index (χ0n) is 12.4. The number of halogens is 2. The van der Waals surface area contributed by atoms with E-state index in [2.05, 4.69) is 0 Å². The van der Waals surface area contributed by atoms with Crippen LogP contribution in [-0.4, -0.2) is 37.4 Å². The molecule has 124 valence electrons. The normalized spacial score (nSPS) is 19.8. The van der Waals surface area contributed by atoms with E-state index in [9.17, 15) is 18.0 Å². The molecule has 0 aromatic heterocycles. The maximum atomic E-state index is 12.8. The summed E-state index contributed by atoms with van der Waals surface area (Å²) in [5.41, 5.74) is 0.123. The lowest BCUT2D eigenvalue weighted by atomic mass is 9.96. The molecule has 2 aromatic rings. The van der Waals surface area contributed by atoms with Crippen LogP contribution in [0, 0.1) is 0 Å². The molecule has 0 aliphatic carbocycles. The molecule has 0 fully saturated rings. The van der Waals surface area contributed by atoms with E-state index in [-0.39, 0.29) is 26.1 Å². The first-order valence-corrected chi connectivity index (χ1v) is 9.05. The minimum atomic E-state index is -3.94. The Kier molecular flexibility index (Phi) is 4.25. The Morgan fingerprint density at radius 3 is 2.42 bits per heavy atom. The van der Waals surface area contributed by atoms with E-state index >= 15 is 0 Å². The molecule has 1 atom stereocenters. The summed E-state index contributed by atoms with van der Waals surface area (Å²) in [6, 6.07) is 8.51. The first-order valence-electron chi connectivity index (χ1n) is 6.85. The van der Waals surface area contributed by atoms with Gasteiger partial charge in [0.25, 0.3) is 0 Å². The third-order valence-electron chi connectivity index (χ3n) is 3.87. The van der Waals surface area contributed by atoms with Crippen LogP contribution in [0.2, 0.25) is 10.0 Å². The number of Topliss-reactive ketones (excluding diaryl/α,β-unsaturated/α-hetero) is 2. The number of carbonyl (C=O) groups excluding carboxylic acids is 2. The van der Waals surface area contributed by atoms with Crippen molar-refractivity contribution in [2.45, 2.75) is 10.9 Å². The van der Waals surface area contributed by atoms with Gasteiger partial charge in [-0.15, -0.1) is 0 Å². The number of nitrogens with zero attached hydrogens (tertiary/aromatic N) is 1. The lowest BCUT2D eigenvalue weighted by Crippen LogP contribution is -2.51. The fourth-order valence-corrected chi connectivity index (χ4v) is 4.37. The van der Waals surface area contributed by atoms with Gasteiger partial charge >= 0.3 is 0 Å². The van der Waals surface area contributed by atoms with Gasteiger partial charge in [0, 0.05) is 18.2 Å². The van der Waals surface area contributed by atoms with Gasteiger partial charge in [-0.05, 0) is 30.3 Å². The van der Waals surface area contributed by atoms with Crippen LogP contribution in [0.4, 0.5) is 0 Å². The number of hydrogen-bond acceptors (Lipinski definition) is 4. The zero-order valence-corrected chi connectivity index (χ0v) is 14.7. The molecule has 1 unspecified atom stereocenters. The molecule has 0 N–H and O–H groups in total. The van der Waals surface area contributed by atoms with Gasteiger partial charge in [0.05, 0.1) is 14.9 Å². The topological polar surface area (TPSA) is 71.5 Å². The highest BCUT2D eigenvalue weighted by Crippen LogP contribution is 2.31. The summed E-state index contributed by atoms with van der Waals surface area (Å²) in [5.74, 6) is -1.22. The fraction of sp³-hybridized carbons (Fsp3) is 0.125. The Hall–Kier alpha value is -1.73. The standard InChI is InChI=1S/C16H11Cl2NO4S/c1-19-14(15(20)9-6-7-11(17)12(18)8-9)16(21)10-4-2-3-5-13(10)24(19,22)23/h2-8,14H,1H3. The van der Waals surface area contributed by atoms with Crippen LogP contribution in [0.25, 0.3) is 0 Å². The smallest absolute Gasteiger partial charge is 0.244 e. The van der Waals surface area contributed by atoms with E-state index in [4.69, 9.17) is 23.2 Å². The Morgan fingerprint density at radius 1 is 1.08 bits per heavy atom. The first-order chi connectivity index (χ1) is 11.2. The SMILES string of the molecule is CN1C(C(=O)c2ccc(Cl)c(Cl)c2)C(=O)c2ccccc2S1(=O)=O. The highest BCUT2D eigenvalue weighted by molar-refractivity contribution is 7.89.